The maximum atomic E-state index is 11.9. The Balaban J connectivity index is 4.07. The second kappa shape index (κ2) is 34.2. The van der Waals surface area contributed by atoms with Crippen LogP contribution in [-0.4, -0.2) is 66.3 Å². The minimum Gasteiger partial charge on any atom is -0.466 e. The highest BCUT2D eigenvalue weighted by molar-refractivity contribution is 5.69. The first-order valence-electron chi connectivity index (χ1n) is 18.9. The second-order valence-electron chi connectivity index (χ2n) is 12.8. The maximum absolute atomic E-state index is 11.9. The molecule has 0 aliphatic rings. The number of esters is 1. The van der Waals surface area contributed by atoms with Crippen molar-refractivity contribution < 1.29 is 24.5 Å². The molecule has 0 aromatic rings. The van der Waals surface area contributed by atoms with Gasteiger partial charge in [0.25, 0.3) is 0 Å². The predicted molar refractivity (Wildman–Crippen MR) is 182 cm³/mol. The van der Waals surface area contributed by atoms with Crippen molar-refractivity contribution in [2.24, 2.45) is 0 Å². The number of carbonyl (C=O) groups excluding carboxylic acids is 1. The van der Waals surface area contributed by atoms with Gasteiger partial charge in [0.05, 0.1) is 19.3 Å². The molecule has 2 N–H and O–H groups in total. The van der Waals surface area contributed by atoms with E-state index in [-0.39, 0.29) is 18.7 Å². The number of hydrogen-bond donors (Lipinski definition) is 2. The Morgan fingerprint density at radius 3 is 1.60 bits per heavy atom. The van der Waals surface area contributed by atoms with Gasteiger partial charge in [0, 0.05) is 13.0 Å². The fourth-order valence-electron chi connectivity index (χ4n) is 5.77. The summed E-state index contributed by atoms with van der Waals surface area (Å²) in [6.07, 6.45) is 29.3. The zero-order valence-corrected chi connectivity index (χ0v) is 29.1. The Morgan fingerprint density at radius 2 is 1.05 bits per heavy atom. The van der Waals surface area contributed by atoms with Crippen LogP contribution in [0.5, 0.6) is 0 Å². The zero-order valence-electron chi connectivity index (χ0n) is 29.1. The normalized spacial score (nSPS) is 12.4. The Labute approximate surface area is 268 Å². The summed E-state index contributed by atoms with van der Waals surface area (Å²) >= 11 is 0. The lowest BCUT2D eigenvalue weighted by molar-refractivity contribution is -0.144. The number of unbranched alkanes of at least 4 members (excludes halogenated alkanes) is 17. The van der Waals surface area contributed by atoms with E-state index in [0.717, 1.165) is 83.7 Å². The van der Waals surface area contributed by atoms with E-state index in [1.54, 1.807) is 0 Å². The summed E-state index contributed by atoms with van der Waals surface area (Å²) in [6, 6.07) is 0. The lowest BCUT2D eigenvalue weighted by Gasteiger charge is -2.22. The van der Waals surface area contributed by atoms with Crippen molar-refractivity contribution in [3.8, 4) is 0 Å². The molecule has 1 atom stereocenters. The third-order valence-corrected chi connectivity index (χ3v) is 8.57. The molecule has 0 fully saturated rings. The quantitative estimate of drug-likeness (QED) is 0.0421. The molecular formula is C37H75NO5. The SMILES string of the molecule is CCCCCCCCC(CCCCCCCC)OC(O)CCCCCCCN(CCO)CCCC(=O)OCCCCCC. The van der Waals surface area contributed by atoms with Gasteiger partial charge in [-0.2, -0.15) is 0 Å². The van der Waals surface area contributed by atoms with E-state index in [9.17, 15) is 15.0 Å². The lowest BCUT2D eigenvalue weighted by Crippen LogP contribution is -2.29. The summed E-state index contributed by atoms with van der Waals surface area (Å²) in [4.78, 5) is 14.2. The molecule has 6 nitrogen and oxygen atoms in total. The van der Waals surface area contributed by atoms with Crippen molar-refractivity contribution in [1.29, 1.82) is 0 Å². The van der Waals surface area contributed by atoms with Gasteiger partial charge in [0.2, 0.25) is 0 Å². The van der Waals surface area contributed by atoms with Crippen LogP contribution in [-0.2, 0) is 14.3 Å². The molecule has 0 bridgehead atoms. The van der Waals surface area contributed by atoms with Gasteiger partial charge >= 0.3 is 5.97 Å². The third kappa shape index (κ3) is 31.1. The van der Waals surface area contributed by atoms with E-state index < -0.39 is 6.29 Å². The van der Waals surface area contributed by atoms with Crippen molar-refractivity contribution in [3.05, 3.63) is 0 Å². The topological polar surface area (TPSA) is 79.2 Å². The fourth-order valence-corrected chi connectivity index (χ4v) is 5.77. The summed E-state index contributed by atoms with van der Waals surface area (Å²) < 4.78 is 11.5. The number of rotatable bonds is 35. The molecular weight excluding hydrogens is 538 g/mol. The van der Waals surface area contributed by atoms with E-state index in [0.29, 0.717) is 19.6 Å². The van der Waals surface area contributed by atoms with Crippen LogP contribution in [0.25, 0.3) is 0 Å². The molecule has 0 rings (SSSR count). The Hall–Kier alpha value is -0.690. The van der Waals surface area contributed by atoms with Gasteiger partial charge in [-0.15, -0.1) is 0 Å². The largest absolute Gasteiger partial charge is 0.466 e. The van der Waals surface area contributed by atoms with Gasteiger partial charge in [0.15, 0.2) is 6.29 Å². The van der Waals surface area contributed by atoms with E-state index >= 15 is 0 Å². The average Bonchev–Trinajstić information content (AvgIpc) is 2.99. The van der Waals surface area contributed by atoms with Crippen LogP contribution in [0.2, 0.25) is 0 Å². The molecule has 0 radical (unpaired) electrons. The average molecular weight is 614 g/mol. The molecule has 1 unspecified atom stereocenters. The fraction of sp³-hybridized carbons (Fsp3) is 0.973. The second-order valence-corrected chi connectivity index (χ2v) is 12.8. The van der Waals surface area contributed by atoms with E-state index in [2.05, 4.69) is 25.7 Å². The molecule has 0 saturated heterocycles. The molecule has 0 aliphatic heterocycles. The van der Waals surface area contributed by atoms with Crippen molar-refractivity contribution in [2.45, 2.75) is 200 Å². The first kappa shape index (κ1) is 42.3. The van der Waals surface area contributed by atoms with Gasteiger partial charge in [0.1, 0.15) is 0 Å². The molecule has 0 aliphatic carbocycles. The van der Waals surface area contributed by atoms with Crippen LogP contribution in [0.1, 0.15) is 188 Å². The molecule has 43 heavy (non-hydrogen) atoms. The smallest absolute Gasteiger partial charge is 0.305 e. The first-order chi connectivity index (χ1) is 21.1. The number of aliphatic hydroxyl groups excluding tert-OH is 2. The highest BCUT2D eigenvalue weighted by Gasteiger charge is 2.15. The van der Waals surface area contributed by atoms with E-state index in [1.165, 1.54) is 89.9 Å². The van der Waals surface area contributed by atoms with Crippen molar-refractivity contribution in [3.63, 3.8) is 0 Å². The van der Waals surface area contributed by atoms with Crippen molar-refractivity contribution in [2.75, 3.05) is 32.8 Å². The number of ether oxygens (including phenoxy) is 2. The van der Waals surface area contributed by atoms with Crippen molar-refractivity contribution in [1.82, 2.24) is 4.90 Å². The number of nitrogens with zero attached hydrogens (tertiary/aromatic N) is 1. The van der Waals surface area contributed by atoms with Crippen LogP contribution in [0.15, 0.2) is 0 Å². The zero-order chi connectivity index (χ0) is 31.6. The Morgan fingerprint density at radius 1 is 0.581 bits per heavy atom. The molecule has 0 spiro atoms. The predicted octanol–water partition coefficient (Wildman–Crippen LogP) is 9.73. The summed E-state index contributed by atoms with van der Waals surface area (Å²) in [5.41, 5.74) is 0. The monoisotopic (exact) mass is 614 g/mol. The minimum atomic E-state index is -0.631. The summed E-state index contributed by atoms with van der Waals surface area (Å²) in [6.45, 7) is 9.84. The summed E-state index contributed by atoms with van der Waals surface area (Å²) in [5.74, 6) is -0.0947. The number of aliphatic hydroxyl groups is 2. The molecule has 0 aromatic heterocycles. The molecule has 0 aromatic carbocycles. The van der Waals surface area contributed by atoms with Crippen molar-refractivity contribution >= 4 is 5.97 Å². The lowest BCUT2D eigenvalue weighted by atomic mass is 10.0. The molecule has 258 valence electrons. The molecule has 0 heterocycles. The third-order valence-electron chi connectivity index (χ3n) is 8.57. The standard InChI is InChI=1S/C37H75NO5/c1-4-7-10-13-16-20-26-35(27-21-17-14-11-8-5-2)43-37(41)28-22-18-15-19-23-30-38(32-33-39)31-25-29-36(40)42-34-24-12-9-6-3/h35,37,39,41H,4-34H2,1-3H3. The van der Waals surface area contributed by atoms with Gasteiger partial charge in [-0.05, 0) is 58.0 Å². The molecule has 0 saturated carbocycles. The highest BCUT2D eigenvalue weighted by atomic mass is 16.6. The van der Waals surface area contributed by atoms with Crippen LogP contribution >= 0.6 is 0 Å². The van der Waals surface area contributed by atoms with Crippen LogP contribution < -0.4 is 0 Å². The maximum Gasteiger partial charge on any atom is 0.305 e. The van der Waals surface area contributed by atoms with Gasteiger partial charge in [-0.1, -0.05) is 136 Å². The van der Waals surface area contributed by atoms with Gasteiger partial charge in [-0.3, -0.25) is 4.79 Å². The summed E-state index contributed by atoms with van der Waals surface area (Å²) in [5, 5.41) is 20.1. The Kier molecular flexibility index (Phi) is 33.6. The first-order valence-corrected chi connectivity index (χ1v) is 18.9. The number of hydrogen-bond acceptors (Lipinski definition) is 6. The summed E-state index contributed by atoms with van der Waals surface area (Å²) in [7, 11) is 0. The molecule has 0 amide bonds. The highest BCUT2D eigenvalue weighted by Crippen LogP contribution is 2.19. The van der Waals surface area contributed by atoms with Gasteiger partial charge < -0.3 is 24.6 Å². The van der Waals surface area contributed by atoms with Crippen LogP contribution in [0.4, 0.5) is 0 Å². The molecule has 6 heteroatoms. The number of carbonyl (C=O) groups is 1. The van der Waals surface area contributed by atoms with Crippen LogP contribution in [0.3, 0.4) is 0 Å². The van der Waals surface area contributed by atoms with Crippen LogP contribution in [0, 0.1) is 0 Å². The van der Waals surface area contributed by atoms with E-state index in [1.807, 2.05) is 0 Å². The van der Waals surface area contributed by atoms with Gasteiger partial charge in [-0.25, -0.2) is 0 Å². The minimum absolute atomic E-state index is 0.0947. The van der Waals surface area contributed by atoms with E-state index in [4.69, 9.17) is 9.47 Å². The Bertz CT molecular complexity index is 545.